The number of ether oxygens (including phenoxy) is 1. The summed E-state index contributed by atoms with van der Waals surface area (Å²) in [5.41, 5.74) is 0.853. The molecule has 2 saturated heterocycles. The molecule has 0 radical (unpaired) electrons. The van der Waals surface area contributed by atoms with Gasteiger partial charge in [-0.05, 0) is 37.0 Å². The number of fused-ring (bicyclic) bond motifs is 1. The smallest absolute Gasteiger partial charge is 0.253 e. The van der Waals surface area contributed by atoms with Crippen LogP contribution in [0.15, 0.2) is 24.3 Å². The Morgan fingerprint density at radius 1 is 1.32 bits per heavy atom. The van der Waals surface area contributed by atoms with Crippen molar-refractivity contribution in [1.82, 2.24) is 14.5 Å². The minimum atomic E-state index is -3.53. The first-order valence-corrected chi connectivity index (χ1v) is 11.2. The highest BCUT2D eigenvalue weighted by Crippen LogP contribution is 2.34. The SMILES string of the molecule is COc1cccc(CC(=O)N[C@H]2C[C@H]3C(=O)N(C4CC4)S(=O)(=O)CCN3C2)c1. The molecule has 1 aromatic rings. The third-order valence-electron chi connectivity index (χ3n) is 5.58. The van der Waals surface area contributed by atoms with Crippen LogP contribution in [0.25, 0.3) is 0 Å². The number of nitrogens with one attached hydrogen (secondary N) is 1. The van der Waals surface area contributed by atoms with Crippen molar-refractivity contribution in [2.75, 3.05) is 26.0 Å². The van der Waals surface area contributed by atoms with Crippen LogP contribution in [0, 0.1) is 0 Å². The predicted octanol–water partition coefficient (Wildman–Crippen LogP) is 0.131. The van der Waals surface area contributed by atoms with Crippen LogP contribution in [-0.4, -0.2) is 73.5 Å². The molecule has 3 fully saturated rings. The zero-order chi connectivity index (χ0) is 19.9. The van der Waals surface area contributed by atoms with Crippen LogP contribution in [0.3, 0.4) is 0 Å². The highest BCUT2D eigenvalue weighted by Gasteiger charge is 2.49. The van der Waals surface area contributed by atoms with Crippen LogP contribution in [0.2, 0.25) is 0 Å². The summed E-state index contributed by atoms with van der Waals surface area (Å²) in [6.07, 6.45) is 2.17. The summed E-state index contributed by atoms with van der Waals surface area (Å²) < 4.78 is 31.2. The van der Waals surface area contributed by atoms with Crippen molar-refractivity contribution in [3.8, 4) is 5.75 Å². The van der Waals surface area contributed by atoms with Gasteiger partial charge in [0.2, 0.25) is 15.9 Å². The van der Waals surface area contributed by atoms with Crippen LogP contribution in [0.4, 0.5) is 0 Å². The van der Waals surface area contributed by atoms with Crippen LogP contribution in [0.5, 0.6) is 5.75 Å². The largest absolute Gasteiger partial charge is 0.497 e. The summed E-state index contributed by atoms with van der Waals surface area (Å²) in [6.45, 7) is 0.818. The third-order valence-corrected chi connectivity index (χ3v) is 7.36. The molecule has 2 heterocycles. The van der Waals surface area contributed by atoms with Crippen molar-refractivity contribution in [1.29, 1.82) is 0 Å². The number of benzene rings is 1. The summed E-state index contributed by atoms with van der Waals surface area (Å²) in [4.78, 5) is 27.2. The molecule has 8 nitrogen and oxygen atoms in total. The van der Waals surface area contributed by atoms with Crippen LogP contribution in [-0.2, 0) is 26.0 Å². The maximum Gasteiger partial charge on any atom is 0.253 e. The van der Waals surface area contributed by atoms with Gasteiger partial charge in [0.25, 0.3) is 5.91 Å². The monoisotopic (exact) mass is 407 g/mol. The van der Waals surface area contributed by atoms with Gasteiger partial charge < -0.3 is 10.1 Å². The van der Waals surface area contributed by atoms with Gasteiger partial charge in [-0.25, -0.2) is 12.7 Å². The Hall–Kier alpha value is -2.13. The normalized spacial score (nSPS) is 27.2. The number of amides is 2. The molecule has 1 N–H and O–H groups in total. The third kappa shape index (κ3) is 3.86. The van der Waals surface area contributed by atoms with E-state index in [1.165, 1.54) is 0 Å². The van der Waals surface area contributed by atoms with E-state index in [4.69, 9.17) is 4.74 Å². The van der Waals surface area contributed by atoms with Crippen molar-refractivity contribution in [3.63, 3.8) is 0 Å². The van der Waals surface area contributed by atoms with E-state index in [2.05, 4.69) is 5.32 Å². The first-order valence-electron chi connectivity index (χ1n) is 9.59. The average Bonchev–Trinajstić information content (AvgIpc) is 3.40. The predicted molar refractivity (Wildman–Crippen MR) is 102 cm³/mol. The molecule has 1 aliphatic carbocycles. The molecule has 1 aromatic carbocycles. The number of methoxy groups -OCH3 is 1. The van der Waals surface area contributed by atoms with Crippen molar-refractivity contribution >= 4 is 21.8 Å². The highest BCUT2D eigenvalue weighted by molar-refractivity contribution is 7.89. The summed E-state index contributed by atoms with van der Waals surface area (Å²) in [5.74, 6) is 0.210. The van der Waals surface area contributed by atoms with E-state index in [0.717, 1.165) is 22.7 Å². The molecule has 152 valence electrons. The molecule has 28 heavy (non-hydrogen) atoms. The zero-order valence-corrected chi connectivity index (χ0v) is 16.7. The van der Waals surface area contributed by atoms with Gasteiger partial charge in [0.1, 0.15) is 5.75 Å². The number of hydrogen-bond donors (Lipinski definition) is 1. The second-order valence-corrected chi connectivity index (χ2v) is 9.69. The fraction of sp³-hybridized carbons (Fsp3) is 0.579. The van der Waals surface area contributed by atoms with Gasteiger partial charge >= 0.3 is 0 Å². The second-order valence-electron chi connectivity index (χ2n) is 7.72. The zero-order valence-electron chi connectivity index (χ0n) is 15.8. The molecule has 1 saturated carbocycles. The van der Waals surface area contributed by atoms with E-state index < -0.39 is 16.1 Å². The molecule has 0 bridgehead atoms. The Morgan fingerprint density at radius 3 is 2.82 bits per heavy atom. The molecule has 9 heteroatoms. The van der Waals surface area contributed by atoms with Crippen molar-refractivity contribution in [2.24, 2.45) is 0 Å². The number of sulfonamides is 1. The van der Waals surface area contributed by atoms with E-state index in [1.54, 1.807) is 7.11 Å². The standard InChI is InChI=1S/C19H25N3O5S/c1-27-16-4-2-3-13(9-16)10-18(23)20-14-11-17-19(24)22(15-5-6-15)28(25,26)8-7-21(17)12-14/h2-4,9,14-15,17H,5-8,10-12H2,1H3,(H,20,23)/t14-,17-/m0/s1. The molecule has 0 spiro atoms. The molecule has 2 atom stereocenters. The number of carbonyl (C=O) groups excluding carboxylic acids is 2. The summed E-state index contributed by atoms with van der Waals surface area (Å²) in [7, 11) is -1.95. The van der Waals surface area contributed by atoms with Crippen LogP contribution >= 0.6 is 0 Å². The Balaban J connectivity index is 1.39. The second kappa shape index (κ2) is 7.36. The maximum absolute atomic E-state index is 12.9. The lowest BCUT2D eigenvalue weighted by atomic mass is 10.1. The Kier molecular flexibility index (Phi) is 5.05. The van der Waals surface area contributed by atoms with Crippen molar-refractivity contribution in [2.45, 2.75) is 43.8 Å². The van der Waals surface area contributed by atoms with Gasteiger partial charge in [-0.15, -0.1) is 0 Å². The molecule has 4 rings (SSSR count). The minimum Gasteiger partial charge on any atom is -0.497 e. The average molecular weight is 407 g/mol. The van der Waals surface area contributed by atoms with E-state index >= 15 is 0 Å². The molecular formula is C19H25N3O5S. The van der Waals surface area contributed by atoms with Gasteiger partial charge in [0, 0.05) is 25.2 Å². The fourth-order valence-corrected chi connectivity index (χ4v) is 5.81. The van der Waals surface area contributed by atoms with Crippen LogP contribution < -0.4 is 10.1 Å². The van der Waals surface area contributed by atoms with E-state index in [9.17, 15) is 18.0 Å². The maximum atomic E-state index is 12.9. The molecule has 2 amide bonds. The van der Waals surface area contributed by atoms with E-state index in [0.29, 0.717) is 25.3 Å². The van der Waals surface area contributed by atoms with E-state index in [-0.39, 0.29) is 36.1 Å². The summed E-state index contributed by atoms with van der Waals surface area (Å²) in [5, 5.41) is 3.00. The lowest BCUT2D eigenvalue weighted by molar-refractivity contribution is -0.131. The Labute approximate surface area is 164 Å². The van der Waals surface area contributed by atoms with Gasteiger partial charge in [0.05, 0.1) is 25.3 Å². The number of hydrogen-bond acceptors (Lipinski definition) is 6. The highest BCUT2D eigenvalue weighted by atomic mass is 32.2. The quantitative estimate of drug-likeness (QED) is 0.746. The van der Waals surface area contributed by atoms with E-state index in [1.807, 2.05) is 29.2 Å². The van der Waals surface area contributed by atoms with Crippen molar-refractivity contribution in [3.05, 3.63) is 29.8 Å². The molecular weight excluding hydrogens is 382 g/mol. The fourth-order valence-electron chi connectivity index (χ4n) is 4.09. The number of nitrogens with zero attached hydrogens (tertiary/aromatic N) is 2. The Bertz CT molecular complexity index is 883. The molecule has 2 aliphatic heterocycles. The summed E-state index contributed by atoms with van der Waals surface area (Å²) >= 11 is 0. The number of carbonyl (C=O) groups is 2. The first kappa shape index (κ1) is 19.2. The first-order chi connectivity index (χ1) is 13.4. The Morgan fingerprint density at radius 2 is 2.11 bits per heavy atom. The van der Waals surface area contributed by atoms with Gasteiger partial charge in [-0.2, -0.15) is 0 Å². The van der Waals surface area contributed by atoms with Crippen LogP contribution in [0.1, 0.15) is 24.8 Å². The lowest BCUT2D eigenvalue weighted by Crippen LogP contribution is -2.45. The lowest BCUT2D eigenvalue weighted by Gasteiger charge is -2.23. The molecule has 0 unspecified atom stereocenters. The minimum absolute atomic E-state index is 0.0454. The molecule has 0 aromatic heterocycles. The topological polar surface area (TPSA) is 96.0 Å². The number of rotatable bonds is 5. The van der Waals surface area contributed by atoms with Crippen molar-refractivity contribution < 1.29 is 22.7 Å². The van der Waals surface area contributed by atoms with Gasteiger partial charge in [-0.1, -0.05) is 12.1 Å². The van der Waals surface area contributed by atoms with Gasteiger partial charge in [-0.3, -0.25) is 14.5 Å². The van der Waals surface area contributed by atoms with Gasteiger partial charge in [0.15, 0.2) is 0 Å². The molecule has 3 aliphatic rings. The summed E-state index contributed by atoms with van der Waals surface area (Å²) in [6, 6.07) is 6.56.